The van der Waals surface area contributed by atoms with Gasteiger partial charge in [0.15, 0.2) is 5.78 Å². The molecule has 2 atom stereocenters. The first-order valence-electron chi connectivity index (χ1n) is 4.96. The zero-order valence-electron chi connectivity index (χ0n) is 8.72. The van der Waals surface area contributed by atoms with Gasteiger partial charge in [0.05, 0.1) is 4.48 Å². The summed E-state index contributed by atoms with van der Waals surface area (Å²) in [6, 6.07) is 0. The minimum Gasteiger partial charge on any atom is -0.510 e. The summed E-state index contributed by atoms with van der Waals surface area (Å²) < 4.78 is 0.404. The molecule has 0 spiro atoms. The van der Waals surface area contributed by atoms with Crippen molar-refractivity contribution in [2.45, 2.75) is 33.6 Å². The van der Waals surface area contributed by atoms with E-state index in [0.29, 0.717) is 4.48 Å². The number of rotatable bonds is 0. The fourth-order valence-electron chi connectivity index (χ4n) is 2.89. The Hall–Kier alpha value is -0.310. The maximum Gasteiger partial charge on any atom is 0.176 e. The number of fused-ring (bicyclic) bond motifs is 2. The van der Waals surface area contributed by atoms with Crippen molar-refractivity contribution in [2.75, 3.05) is 0 Å². The van der Waals surface area contributed by atoms with Crippen LogP contribution in [-0.2, 0) is 4.79 Å². The smallest absolute Gasteiger partial charge is 0.176 e. The molecule has 0 saturated heterocycles. The molecule has 2 aliphatic rings. The van der Waals surface area contributed by atoms with Crippen molar-refractivity contribution in [3.05, 3.63) is 10.2 Å². The lowest BCUT2D eigenvalue weighted by molar-refractivity contribution is -0.124. The number of carbonyl (C=O) groups is 1. The zero-order valence-corrected chi connectivity index (χ0v) is 10.3. The molecular weight excluding hydrogens is 244 g/mol. The van der Waals surface area contributed by atoms with Gasteiger partial charge in [-0.05, 0) is 34.2 Å². The standard InChI is InChI=1S/C11H15BrO2/c1-10(2)6-4-5-11(10,3)9(14)7(12)8(6)13/h6,14H,4-5H2,1-3H3/t6-,11+/m1/s1. The molecule has 0 heterocycles. The number of aliphatic hydroxyl groups is 1. The lowest BCUT2D eigenvalue weighted by Gasteiger charge is -2.44. The number of Topliss-reactive ketones (excluding diaryl/α,β-unsaturated/α-hetero) is 1. The molecule has 0 aromatic carbocycles. The first-order valence-corrected chi connectivity index (χ1v) is 5.75. The molecule has 2 nitrogen and oxygen atoms in total. The number of hydrogen-bond donors (Lipinski definition) is 1. The van der Waals surface area contributed by atoms with E-state index in [1.54, 1.807) is 0 Å². The van der Waals surface area contributed by atoms with E-state index < -0.39 is 0 Å². The average molecular weight is 259 g/mol. The molecule has 0 amide bonds. The highest BCUT2D eigenvalue weighted by Gasteiger charge is 2.60. The topological polar surface area (TPSA) is 37.3 Å². The number of allylic oxidation sites excluding steroid dienone is 2. The third-order valence-corrected chi connectivity index (χ3v) is 5.26. The molecule has 78 valence electrons. The van der Waals surface area contributed by atoms with Gasteiger partial charge in [-0.15, -0.1) is 0 Å². The summed E-state index contributed by atoms with van der Waals surface area (Å²) in [4.78, 5) is 11.9. The maximum absolute atomic E-state index is 11.9. The van der Waals surface area contributed by atoms with Gasteiger partial charge < -0.3 is 5.11 Å². The van der Waals surface area contributed by atoms with Crippen molar-refractivity contribution in [1.82, 2.24) is 0 Å². The normalized spacial score (nSPS) is 40.6. The fourth-order valence-corrected chi connectivity index (χ4v) is 3.61. The highest BCUT2D eigenvalue weighted by molar-refractivity contribution is 9.12. The van der Waals surface area contributed by atoms with Crippen LogP contribution in [0.2, 0.25) is 0 Å². The lowest BCUT2D eigenvalue weighted by Crippen LogP contribution is -2.43. The quantitative estimate of drug-likeness (QED) is 0.725. The number of halogens is 1. The van der Waals surface area contributed by atoms with Crippen LogP contribution >= 0.6 is 15.9 Å². The number of hydrogen-bond acceptors (Lipinski definition) is 2. The van der Waals surface area contributed by atoms with E-state index in [0.717, 1.165) is 12.8 Å². The van der Waals surface area contributed by atoms with Crippen molar-refractivity contribution in [3.8, 4) is 0 Å². The molecule has 0 aliphatic heterocycles. The Kier molecular flexibility index (Phi) is 1.92. The molecule has 1 N–H and O–H groups in total. The van der Waals surface area contributed by atoms with Crippen LogP contribution in [0.25, 0.3) is 0 Å². The van der Waals surface area contributed by atoms with Crippen LogP contribution in [0.15, 0.2) is 10.2 Å². The molecule has 2 aliphatic carbocycles. The van der Waals surface area contributed by atoms with Crippen LogP contribution in [0.3, 0.4) is 0 Å². The Labute approximate surface area is 92.5 Å². The van der Waals surface area contributed by atoms with Gasteiger partial charge in [-0.3, -0.25) is 4.79 Å². The van der Waals surface area contributed by atoms with Crippen molar-refractivity contribution < 1.29 is 9.90 Å². The van der Waals surface area contributed by atoms with Crippen LogP contribution in [0, 0.1) is 16.7 Å². The second-order valence-corrected chi connectivity index (χ2v) is 5.96. The number of aliphatic hydroxyl groups excluding tert-OH is 1. The van der Waals surface area contributed by atoms with E-state index >= 15 is 0 Å². The van der Waals surface area contributed by atoms with Crippen molar-refractivity contribution >= 4 is 21.7 Å². The lowest BCUT2D eigenvalue weighted by atomic mass is 9.61. The van der Waals surface area contributed by atoms with Crippen molar-refractivity contribution in [3.63, 3.8) is 0 Å². The summed E-state index contributed by atoms with van der Waals surface area (Å²) in [6.45, 7) is 6.21. The molecule has 1 fully saturated rings. The molecule has 0 unspecified atom stereocenters. The highest BCUT2D eigenvalue weighted by Crippen LogP contribution is 2.63. The molecule has 2 bridgehead atoms. The van der Waals surface area contributed by atoms with E-state index in [1.807, 2.05) is 0 Å². The van der Waals surface area contributed by atoms with Gasteiger partial charge >= 0.3 is 0 Å². The van der Waals surface area contributed by atoms with Crippen LogP contribution in [0.4, 0.5) is 0 Å². The molecule has 0 radical (unpaired) electrons. The predicted octanol–water partition coefficient (Wildman–Crippen LogP) is 3.18. The average Bonchev–Trinajstić information content (AvgIpc) is 2.30. The van der Waals surface area contributed by atoms with Gasteiger partial charge in [0.25, 0.3) is 0 Å². The summed E-state index contributed by atoms with van der Waals surface area (Å²) >= 11 is 3.21. The Bertz CT molecular complexity index is 343. The first-order chi connectivity index (χ1) is 6.32. The van der Waals surface area contributed by atoms with Crippen LogP contribution in [-0.4, -0.2) is 10.9 Å². The molecular formula is C11H15BrO2. The molecule has 3 heteroatoms. The second-order valence-electron chi connectivity index (χ2n) is 5.17. The second kappa shape index (κ2) is 2.63. The van der Waals surface area contributed by atoms with Gasteiger partial charge in [-0.25, -0.2) is 0 Å². The zero-order chi connectivity index (χ0) is 10.7. The van der Waals surface area contributed by atoms with Crippen LogP contribution in [0.5, 0.6) is 0 Å². The van der Waals surface area contributed by atoms with Gasteiger partial charge in [-0.2, -0.15) is 0 Å². The monoisotopic (exact) mass is 258 g/mol. The molecule has 2 rings (SSSR count). The highest BCUT2D eigenvalue weighted by atomic mass is 79.9. The first kappa shape index (κ1) is 10.2. The van der Waals surface area contributed by atoms with Crippen molar-refractivity contribution in [2.24, 2.45) is 16.7 Å². The summed E-state index contributed by atoms with van der Waals surface area (Å²) in [5, 5.41) is 10.0. The number of ketones is 1. The van der Waals surface area contributed by atoms with Crippen LogP contribution in [0.1, 0.15) is 33.6 Å². The minimum absolute atomic E-state index is 0.0674. The SMILES string of the molecule is CC1(C)[C@@H]2CC[C@@]1(C)C(O)=C(Br)C2=O. The maximum atomic E-state index is 11.9. The summed E-state index contributed by atoms with van der Waals surface area (Å²) in [6.07, 6.45) is 1.79. The van der Waals surface area contributed by atoms with E-state index in [-0.39, 0.29) is 28.3 Å². The van der Waals surface area contributed by atoms with E-state index in [2.05, 4.69) is 36.7 Å². The Morgan fingerprint density at radius 3 is 2.57 bits per heavy atom. The van der Waals surface area contributed by atoms with E-state index in [4.69, 9.17) is 0 Å². The summed E-state index contributed by atoms with van der Waals surface area (Å²) in [5.74, 6) is 0.390. The molecule has 0 aromatic rings. The predicted molar refractivity (Wildman–Crippen MR) is 58.2 cm³/mol. The molecule has 0 aromatic heterocycles. The summed E-state index contributed by atoms with van der Waals surface area (Å²) in [5.41, 5.74) is -0.351. The fraction of sp³-hybridized carbons (Fsp3) is 0.727. The Balaban J connectivity index is 2.66. The van der Waals surface area contributed by atoms with Gasteiger partial charge in [0.1, 0.15) is 5.76 Å². The third-order valence-electron chi connectivity index (χ3n) is 4.49. The van der Waals surface area contributed by atoms with Gasteiger partial charge in [0, 0.05) is 11.3 Å². The minimum atomic E-state index is -0.232. The Morgan fingerprint density at radius 2 is 2.00 bits per heavy atom. The summed E-state index contributed by atoms with van der Waals surface area (Å²) in [7, 11) is 0. The van der Waals surface area contributed by atoms with Gasteiger partial charge in [0.2, 0.25) is 0 Å². The Morgan fingerprint density at radius 1 is 1.43 bits per heavy atom. The third kappa shape index (κ3) is 0.892. The van der Waals surface area contributed by atoms with Crippen LogP contribution < -0.4 is 0 Å². The van der Waals surface area contributed by atoms with Crippen molar-refractivity contribution in [1.29, 1.82) is 0 Å². The molecule has 14 heavy (non-hydrogen) atoms. The van der Waals surface area contributed by atoms with E-state index in [1.165, 1.54) is 0 Å². The largest absolute Gasteiger partial charge is 0.510 e. The number of carbonyl (C=O) groups excluding carboxylic acids is 1. The van der Waals surface area contributed by atoms with Gasteiger partial charge in [-0.1, -0.05) is 20.8 Å². The van der Waals surface area contributed by atoms with E-state index in [9.17, 15) is 9.90 Å². The molecule has 1 saturated carbocycles.